The molecule has 30 heavy (non-hydrogen) atoms. The van der Waals surface area contributed by atoms with E-state index >= 15 is 0 Å². The largest absolute Gasteiger partial charge is 0.444 e. The molecule has 0 saturated carbocycles. The lowest BCUT2D eigenvalue weighted by atomic mass is 10.1. The second-order valence-corrected chi connectivity index (χ2v) is 6.67. The van der Waals surface area contributed by atoms with Gasteiger partial charge in [-0.2, -0.15) is 0 Å². The van der Waals surface area contributed by atoms with Gasteiger partial charge in [0.05, 0.1) is 19.7 Å². The summed E-state index contributed by atoms with van der Waals surface area (Å²) in [5.41, 5.74) is 2.89. The predicted octanol–water partition coefficient (Wildman–Crippen LogP) is 2.59. The van der Waals surface area contributed by atoms with Crippen LogP contribution in [0, 0.1) is 13.8 Å². The van der Waals surface area contributed by atoms with Crippen molar-refractivity contribution in [2.75, 3.05) is 20.3 Å². The minimum Gasteiger partial charge on any atom is -0.444 e. The van der Waals surface area contributed by atoms with Crippen molar-refractivity contribution in [2.45, 2.75) is 26.9 Å². The van der Waals surface area contributed by atoms with Crippen LogP contribution in [-0.2, 0) is 24.9 Å². The van der Waals surface area contributed by atoms with Crippen LogP contribution in [0.5, 0.6) is 0 Å². The highest BCUT2D eigenvalue weighted by Gasteiger charge is 2.08. The molecule has 0 spiro atoms. The molecule has 0 aliphatic rings. The first-order chi connectivity index (χ1) is 14.1. The Balaban J connectivity index is 0.00000320. The van der Waals surface area contributed by atoms with E-state index in [0.29, 0.717) is 38.1 Å². The Bertz CT molecular complexity index is 950. The van der Waals surface area contributed by atoms with Gasteiger partial charge in [-0.3, -0.25) is 0 Å². The van der Waals surface area contributed by atoms with E-state index in [0.717, 1.165) is 22.9 Å². The molecule has 2 heterocycles. The van der Waals surface area contributed by atoms with E-state index in [1.165, 1.54) is 5.56 Å². The first kappa shape index (κ1) is 23.8. The van der Waals surface area contributed by atoms with E-state index in [4.69, 9.17) is 9.15 Å². The molecule has 1 aromatic carbocycles. The van der Waals surface area contributed by atoms with Crippen LogP contribution in [0.4, 0.5) is 0 Å². The van der Waals surface area contributed by atoms with Gasteiger partial charge in [-0.05, 0) is 26.0 Å². The van der Waals surface area contributed by atoms with Crippen molar-refractivity contribution in [3.8, 4) is 11.5 Å². The Morgan fingerprint density at radius 1 is 1.17 bits per heavy atom. The van der Waals surface area contributed by atoms with Gasteiger partial charge in [0.2, 0.25) is 5.89 Å². The van der Waals surface area contributed by atoms with E-state index in [1.807, 2.05) is 49.7 Å². The summed E-state index contributed by atoms with van der Waals surface area (Å²) in [5, 5.41) is 14.7. The molecular weight excluding hydrogens is 497 g/mol. The molecule has 3 rings (SSSR count). The summed E-state index contributed by atoms with van der Waals surface area (Å²) >= 11 is 0. The van der Waals surface area contributed by atoms with E-state index in [-0.39, 0.29) is 24.0 Å². The van der Waals surface area contributed by atoms with Gasteiger partial charge in [-0.1, -0.05) is 17.7 Å². The maximum absolute atomic E-state index is 5.61. The molecular formula is C20H28IN7O2. The van der Waals surface area contributed by atoms with Crippen LogP contribution >= 0.6 is 24.0 Å². The smallest absolute Gasteiger partial charge is 0.226 e. The highest BCUT2D eigenvalue weighted by molar-refractivity contribution is 14.0. The number of aryl methyl sites for hydroxylation is 2. The molecule has 2 aromatic heterocycles. The van der Waals surface area contributed by atoms with E-state index in [2.05, 4.69) is 30.8 Å². The zero-order valence-electron chi connectivity index (χ0n) is 17.7. The molecule has 2 N–H and O–H groups in total. The number of nitrogens with zero attached hydrogens (tertiary/aromatic N) is 5. The first-order valence-electron chi connectivity index (χ1n) is 9.44. The van der Waals surface area contributed by atoms with Gasteiger partial charge < -0.3 is 24.4 Å². The fourth-order valence-corrected chi connectivity index (χ4v) is 2.58. The second kappa shape index (κ2) is 11.6. The zero-order valence-corrected chi connectivity index (χ0v) is 20.0. The summed E-state index contributed by atoms with van der Waals surface area (Å²) < 4.78 is 12.6. The molecule has 0 unspecified atom stereocenters. The summed E-state index contributed by atoms with van der Waals surface area (Å²) in [6.45, 7) is 6.06. The number of hydrogen-bond donors (Lipinski definition) is 2. The lowest BCUT2D eigenvalue weighted by Crippen LogP contribution is -2.39. The normalized spacial score (nSPS) is 11.3. The molecule has 0 atom stereocenters. The van der Waals surface area contributed by atoms with Crippen LogP contribution in [0.15, 0.2) is 39.9 Å². The van der Waals surface area contributed by atoms with Gasteiger partial charge in [0.25, 0.3) is 0 Å². The Hall–Kier alpha value is -2.47. The zero-order chi connectivity index (χ0) is 20.6. The lowest BCUT2D eigenvalue weighted by molar-refractivity contribution is 0.203. The lowest BCUT2D eigenvalue weighted by Gasteiger charge is -2.12. The average molecular weight is 525 g/mol. The minimum absolute atomic E-state index is 0. The third-order valence-electron chi connectivity index (χ3n) is 4.44. The molecule has 0 radical (unpaired) electrons. The third-order valence-corrected chi connectivity index (χ3v) is 4.44. The Morgan fingerprint density at radius 2 is 1.93 bits per heavy atom. The molecule has 0 saturated heterocycles. The third kappa shape index (κ3) is 6.52. The summed E-state index contributed by atoms with van der Waals surface area (Å²) in [6.07, 6.45) is 1.64. The van der Waals surface area contributed by atoms with Crippen LogP contribution in [0.25, 0.3) is 11.5 Å². The van der Waals surface area contributed by atoms with Gasteiger partial charge in [0.15, 0.2) is 11.8 Å². The fourth-order valence-electron chi connectivity index (χ4n) is 2.58. The number of methoxy groups -OCH3 is 1. The van der Waals surface area contributed by atoms with E-state index in [9.17, 15) is 0 Å². The highest BCUT2D eigenvalue weighted by atomic mass is 127. The number of aromatic nitrogens is 4. The number of hydrogen-bond acceptors (Lipinski definition) is 6. The Morgan fingerprint density at radius 3 is 2.60 bits per heavy atom. The SMILES string of the molecule is COCCNC(=NCc1coc(-c2ccc(C)cc2)n1)NCc1nnc(C)n1C.I. The Kier molecular flexibility index (Phi) is 9.24. The quantitative estimate of drug-likeness (QED) is 0.202. The van der Waals surface area contributed by atoms with Gasteiger partial charge in [0.1, 0.15) is 17.8 Å². The number of guanidine groups is 1. The molecule has 162 valence electrons. The fraction of sp³-hybridized carbons (Fsp3) is 0.400. The summed E-state index contributed by atoms with van der Waals surface area (Å²) in [7, 11) is 3.60. The van der Waals surface area contributed by atoms with E-state index in [1.54, 1.807) is 13.4 Å². The molecule has 0 aliphatic heterocycles. The molecule has 10 heteroatoms. The summed E-state index contributed by atoms with van der Waals surface area (Å²) in [4.78, 5) is 9.13. The minimum atomic E-state index is 0. The van der Waals surface area contributed by atoms with Crippen LogP contribution < -0.4 is 10.6 Å². The van der Waals surface area contributed by atoms with Crippen molar-refractivity contribution in [1.82, 2.24) is 30.4 Å². The predicted molar refractivity (Wildman–Crippen MR) is 126 cm³/mol. The molecule has 3 aromatic rings. The molecule has 0 aliphatic carbocycles. The van der Waals surface area contributed by atoms with Gasteiger partial charge in [-0.25, -0.2) is 9.98 Å². The van der Waals surface area contributed by atoms with Crippen LogP contribution in [0.3, 0.4) is 0 Å². The number of aliphatic imine (C=N–C) groups is 1. The highest BCUT2D eigenvalue weighted by Crippen LogP contribution is 2.19. The van der Waals surface area contributed by atoms with Gasteiger partial charge >= 0.3 is 0 Å². The average Bonchev–Trinajstić information content (AvgIpc) is 3.32. The van der Waals surface area contributed by atoms with Crippen molar-refractivity contribution in [1.29, 1.82) is 0 Å². The van der Waals surface area contributed by atoms with E-state index < -0.39 is 0 Å². The number of halogens is 1. The van der Waals surface area contributed by atoms with Crippen molar-refractivity contribution in [2.24, 2.45) is 12.0 Å². The number of ether oxygens (including phenoxy) is 1. The number of benzene rings is 1. The molecule has 9 nitrogen and oxygen atoms in total. The van der Waals surface area contributed by atoms with Crippen molar-refractivity contribution < 1.29 is 9.15 Å². The number of rotatable bonds is 8. The molecule has 0 amide bonds. The summed E-state index contributed by atoms with van der Waals surface area (Å²) in [5.74, 6) is 2.92. The van der Waals surface area contributed by atoms with Crippen LogP contribution in [0.1, 0.15) is 22.9 Å². The number of nitrogens with one attached hydrogen (secondary N) is 2. The van der Waals surface area contributed by atoms with Crippen molar-refractivity contribution in [3.05, 3.63) is 53.4 Å². The van der Waals surface area contributed by atoms with Crippen molar-refractivity contribution >= 4 is 29.9 Å². The van der Waals surface area contributed by atoms with Crippen molar-refractivity contribution in [3.63, 3.8) is 0 Å². The number of oxazole rings is 1. The maximum atomic E-state index is 5.61. The maximum Gasteiger partial charge on any atom is 0.226 e. The standard InChI is InChI=1S/C20H27N7O2.HI/c1-14-5-7-16(8-6-14)19-24-17(13-29-19)11-22-20(21-9-10-28-4)23-12-18-26-25-15(2)27(18)3;/h5-8,13H,9-12H2,1-4H3,(H2,21,22,23);1H. The molecule has 0 bridgehead atoms. The Labute approximate surface area is 193 Å². The first-order valence-corrected chi connectivity index (χ1v) is 9.44. The monoisotopic (exact) mass is 525 g/mol. The topological polar surface area (TPSA) is 102 Å². The van der Waals surface area contributed by atoms with Crippen LogP contribution in [-0.4, -0.2) is 46.0 Å². The van der Waals surface area contributed by atoms with Crippen LogP contribution in [0.2, 0.25) is 0 Å². The summed E-state index contributed by atoms with van der Waals surface area (Å²) in [6, 6.07) is 8.06. The molecule has 0 fully saturated rings. The van der Waals surface area contributed by atoms with Gasteiger partial charge in [0, 0.05) is 26.3 Å². The second-order valence-electron chi connectivity index (χ2n) is 6.67. The van der Waals surface area contributed by atoms with Gasteiger partial charge in [-0.15, -0.1) is 34.2 Å².